The Morgan fingerprint density at radius 1 is 0.786 bits per heavy atom. The van der Waals surface area contributed by atoms with Gasteiger partial charge in [-0.15, -0.1) is 0 Å². The minimum atomic E-state index is 0.0160. The second kappa shape index (κ2) is 7.80. The normalized spacial score (nSPS) is 14.2. The molecule has 0 unspecified atom stereocenters. The van der Waals surface area contributed by atoms with Crippen molar-refractivity contribution in [2.75, 3.05) is 45.3 Å². The number of fused-ring (bicyclic) bond motifs is 1. The SMILES string of the molecule is COc1cc2ccccc2cc1C(=O)N1CCN(c2ccccc2OC)CC1. The first kappa shape index (κ1) is 18.2. The van der Waals surface area contributed by atoms with E-state index in [9.17, 15) is 4.79 Å². The van der Waals surface area contributed by atoms with Gasteiger partial charge in [0.15, 0.2) is 0 Å². The third-order valence-corrected chi connectivity index (χ3v) is 5.29. The van der Waals surface area contributed by atoms with Crippen LogP contribution in [0.1, 0.15) is 10.4 Å². The van der Waals surface area contributed by atoms with Crippen molar-refractivity contribution >= 4 is 22.4 Å². The predicted molar refractivity (Wildman–Crippen MR) is 112 cm³/mol. The molecule has 5 nitrogen and oxygen atoms in total. The zero-order chi connectivity index (χ0) is 19.5. The molecule has 0 spiro atoms. The maximum Gasteiger partial charge on any atom is 0.257 e. The van der Waals surface area contributed by atoms with Crippen molar-refractivity contribution in [3.05, 3.63) is 66.2 Å². The van der Waals surface area contributed by atoms with E-state index in [4.69, 9.17) is 9.47 Å². The van der Waals surface area contributed by atoms with E-state index in [1.54, 1.807) is 14.2 Å². The van der Waals surface area contributed by atoms with Gasteiger partial charge in [0.25, 0.3) is 5.91 Å². The molecule has 0 radical (unpaired) electrons. The molecular formula is C23H24N2O3. The van der Waals surface area contributed by atoms with Gasteiger partial charge < -0.3 is 19.3 Å². The molecule has 144 valence electrons. The van der Waals surface area contributed by atoms with E-state index < -0.39 is 0 Å². The van der Waals surface area contributed by atoms with Crippen LogP contribution in [0.5, 0.6) is 11.5 Å². The van der Waals surface area contributed by atoms with Gasteiger partial charge in [0, 0.05) is 26.2 Å². The van der Waals surface area contributed by atoms with Crippen LogP contribution in [0.2, 0.25) is 0 Å². The molecule has 4 rings (SSSR count). The first-order valence-corrected chi connectivity index (χ1v) is 9.45. The number of para-hydroxylation sites is 2. The molecule has 3 aromatic carbocycles. The first-order valence-electron chi connectivity index (χ1n) is 9.45. The van der Waals surface area contributed by atoms with Crippen LogP contribution in [0, 0.1) is 0 Å². The van der Waals surface area contributed by atoms with E-state index >= 15 is 0 Å². The van der Waals surface area contributed by atoms with Crippen molar-refractivity contribution in [3.63, 3.8) is 0 Å². The van der Waals surface area contributed by atoms with Crippen molar-refractivity contribution < 1.29 is 14.3 Å². The quantitative estimate of drug-likeness (QED) is 0.694. The molecule has 0 N–H and O–H groups in total. The Hall–Kier alpha value is -3.21. The third kappa shape index (κ3) is 3.36. The van der Waals surface area contributed by atoms with Crippen LogP contribution in [-0.4, -0.2) is 51.2 Å². The largest absolute Gasteiger partial charge is 0.496 e. The van der Waals surface area contributed by atoms with Crippen molar-refractivity contribution in [3.8, 4) is 11.5 Å². The van der Waals surface area contributed by atoms with Gasteiger partial charge in [0.05, 0.1) is 25.5 Å². The molecule has 0 bridgehead atoms. The lowest BCUT2D eigenvalue weighted by atomic mass is 10.0. The molecule has 5 heteroatoms. The summed E-state index contributed by atoms with van der Waals surface area (Å²) in [5.41, 5.74) is 1.69. The average molecular weight is 376 g/mol. The lowest BCUT2D eigenvalue weighted by Gasteiger charge is -2.36. The number of ether oxygens (including phenoxy) is 2. The lowest BCUT2D eigenvalue weighted by molar-refractivity contribution is 0.0743. The van der Waals surface area contributed by atoms with E-state index in [1.165, 1.54) is 0 Å². The van der Waals surface area contributed by atoms with E-state index in [1.807, 2.05) is 59.5 Å². The molecule has 1 aliphatic rings. The molecule has 0 aliphatic carbocycles. The number of amides is 1. The standard InChI is InChI=1S/C23H24N2O3/c1-27-21-10-6-5-9-20(21)24-11-13-25(14-12-24)23(26)19-15-17-7-3-4-8-18(17)16-22(19)28-2/h3-10,15-16H,11-14H2,1-2H3. The predicted octanol–water partition coefficient (Wildman–Crippen LogP) is 3.82. The van der Waals surface area contributed by atoms with Crippen molar-refractivity contribution in [1.82, 2.24) is 4.90 Å². The summed E-state index contributed by atoms with van der Waals surface area (Å²) in [6.45, 7) is 2.85. The second-order valence-corrected chi connectivity index (χ2v) is 6.85. The summed E-state index contributed by atoms with van der Waals surface area (Å²) < 4.78 is 11.0. The van der Waals surface area contributed by atoms with Crippen molar-refractivity contribution in [2.24, 2.45) is 0 Å². The molecule has 1 saturated heterocycles. The number of methoxy groups -OCH3 is 2. The Balaban J connectivity index is 1.53. The summed E-state index contributed by atoms with van der Waals surface area (Å²) in [4.78, 5) is 17.4. The van der Waals surface area contributed by atoms with Gasteiger partial charge in [0.2, 0.25) is 0 Å². The molecule has 3 aromatic rings. The van der Waals surface area contributed by atoms with Crippen LogP contribution in [-0.2, 0) is 0 Å². The fraction of sp³-hybridized carbons (Fsp3) is 0.261. The summed E-state index contributed by atoms with van der Waals surface area (Å²) in [6, 6.07) is 19.9. The Morgan fingerprint density at radius 3 is 2.07 bits per heavy atom. The van der Waals surface area contributed by atoms with Gasteiger partial charge in [-0.2, -0.15) is 0 Å². The summed E-state index contributed by atoms with van der Waals surface area (Å²) in [5, 5.41) is 2.11. The van der Waals surface area contributed by atoms with Crippen molar-refractivity contribution in [2.45, 2.75) is 0 Å². The fourth-order valence-electron chi connectivity index (χ4n) is 3.77. The van der Waals surface area contributed by atoms with Crippen LogP contribution in [0.3, 0.4) is 0 Å². The number of rotatable bonds is 4. The van der Waals surface area contributed by atoms with E-state index in [0.717, 1.165) is 35.3 Å². The molecule has 28 heavy (non-hydrogen) atoms. The highest BCUT2D eigenvalue weighted by molar-refractivity contribution is 6.01. The molecule has 1 heterocycles. The zero-order valence-electron chi connectivity index (χ0n) is 16.2. The van der Waals surface area contributed by atoms with Crippen LogP contribution >= 0.6 is 0 Å². The maximum absolute atomic E-state index is 13.2. The van der Waals surface area contributed by atoms with Crippen molar-refractivity contribution in [1.29, 1.82) is 0 Å². The molecule has 1 amide bonds. The smallest absolute Gasteiger partial charge is 0.257 e. The Bertz CT molecular complexity index is 994. The van der Waals surface area contributed by atoms with Gasteiger partial charge in [-0.1, -0.05) is 36.4 Å². The van der Waals surface area contributed by atoms with Crippen LogP contribution in [0.4, 0.5) is 5.69 Å². The van der Waals surface area contributed by atoms with E-state index in [0.29, 0.717) is 24.4 Å². The molecule has 0 aromatic heterocycles. The summed E-state index contributed by atoms with van der Waals surface area (Å²) in [5.74, 6) is 1.50. The number of nitrogens with zero attached hydrogens (tertiary/aromatic N) is 2. The molecular weight excluding hydrogens is 352 g/mol. The number of hydrogen-bond acceptors (Lipinski definition) is 4. The number of anilines is 1. The number of carbonyl (C=O) groups is 1. The molecule has 1 fully saturated rings. The fourth-order valence-corrected chi connectivity index (χ4v) is 3.77. The van der Waals surface area contributed by atoms with E-state index in [2.05, 4.69) is 11.0 Å². The highest BCUT2D eigenvalue weighted by Crippen LogP contribution is 2.30. The average Bonchev–Trinajstić information content (AvgIpc) is 2.77. The summed E-state index contributed by atoms with van der Waals surface area (Å²) >= 11 is 0. The maximum atomic E-state index is 13.2. The lowest BCUT2D eigenvalue weighted by Crippen LogP contribution is -2.49. The van der Waals surface area contributed by atoms with Crippen LogP contribution in [0.15, 0.2) is 60.7 Å². The minimum Gasteiger partial charge on any atom is -0.496 e. The van der Waals surface area contributed by atoms with Gasteiger partial charge in [0.1, 0.15) is 11.5 Å². The Kier molecular flexibility index (Phi) is 5.06. The topological polar surface area (TPSA) is 42.0 Å². The van der Waals surface area contributed by atoms with Gasteiger partial charge >= 0.3 is 0 Å². The Morgan fingerprint density at radius 2 is 1.39 bits per heavy atom. The van der Waals surface area contributed by atoms with Gasteiger partial charge in [-0.3, -0.25) is 4.79 Å². The third-order valence-electron chi connectivity index (χ3n) is 5.29. The molecule has 1 aliphatic heterocycles. The summed E-state index contributed by atoms with van der Waals surface area (Å²) in [7, 11) is 3.30. The zero-order valence-corrected chi connectivity index (χ0v) is 16.2. The van der Waals surface area contributed by atoms with Gasteiger partial charge in [-0.25, -0.2) is 0 Å². The first-order chi connectivity index (χ1) is 13.7. The second-order valence-electron chi connectivity index (χ2n) is 6.85. The number of hydrogen-bond donors (Lipinski definition) is 0. The number of piperazine rings is 1. The minimum absolute atomic E-state index is 0.0160. The molecule has 0 atom stereocenters. The number of carbonyl (C=O) groups excluding carboxylic acids is 1. The summed E-state index contributed by atoms with van der Waals surface area (Å²) in [6.07, 6.45) is 0. The van der Waals surface area contributed by atoms with E-state index in [-0.39, 0.29) is 5.91 Å². The monoisotopic (exact) mass is 376 g/mol. The van der Waals surface area contributed by atoms with Crippen LogP contribution < -0.4 is 14.4 Å². The molecule has 0 saturated carbocycles. The highest BCUT2D eigenvalue weighted by Gasteiger charge is 2.25. The number of benzene rings is 3. The Labute approximate surface area is 165 Å². The highest BCUT2D eigenvalue weighted by atomic mass is 16.5. The van der Waals surface area contributed by atoms with Gasteiger partial charge in [-0.05, 0) is 35.0 Å². The van der Waals surface area contributed by atoms with Crippen LogP contribution in [0.25, 0.3) is 10.8 Å².